The zero-order valence-electron chi connectivity index (χ0n) is 16.5. The highest BCUT2D eigenvalue weighted by atomic mass is 16.5. The van der Waals surface area contributed by atoms with E-state index in [1.807, 2.05) is 26.0 Å². The highest BCUT2D eigenvalue weighted by Crippen LogP contribution is 2.28. The van der Waals surface area contributed by atoms with Crippen molar-refractivity contribution >= 4 is 17.5 Å². The van der Waals surface area contributed by atoms with Crippen LogP contribution < -0.4 is 20.1 Å². The van der Waals surface area contributed by atoms with Crippen molar-refractivity contribution in [2.45, 2.75) is 26.3 Å². The number of methoxy groups -OCH3 is 1. The Morgan fingerprint density at radius 2 is 1.82 bits per heavy atom. The van der Waals surface area contributed by atoms with Crippen LogP contribution in [0.15, 0.2) is 55.1 Å². The predicted molar refractivity (Wildman–Crippen MR) is 110 cm³/mol. The second-order valence-corrected chi connectivity index (χ2v) is 6.52. The van der Waals surface area contributed by atoms with Crippen LogP contribution in [0.5, 0.6) is 11.5 Å². The van der Waals surface area contributed by atoms with E-state index >= 15 is 0 Å². The van der Waals surface area contributed by atoms with E-state index in [4.69, 9.17) is 9.47 Å². The van der Waals surface area contributed by atoms with Crippen molar-refractivity contribution in [3.63, 3.8) is 0 Å². The van der Waals surface area contributed by atoms with Gasteiger partial charge in [0, 0.05) is 17.3 Å². The van der Waals surface area contributed by atoms with Crippen molar-refractivity contribution in [3.05, 3.63) is 66.2 Å². The molecule has 0 aliphatic carbocycles. The molecule has 0 unspecified atom stereocenters. The smallest absolute Gasteiger partial charge is 0.262 e. The third kappa shape index (κ3) is 6.16. The average Bonchev–Trinajstić information content (AvgIpc) is 2.67. The third-order valence-corrected chi connectivity index (χ3v) is 3.82. The molecule has 0 bridgehead atoms. The minimum atomic E-state index is -0.309. The van der Waals surface area contributed by atoms with Gasteiger partial charge in [-0.1, -0.05) is 12.1 Å². The molecule has 6 heteroatoms. The molecule has 0 radical (unpaired) electrons. The lowest BCUT2D eigenvalue weighted by atomic mass is 10.1. The van der Waals surface area contributed by atoms with Crippen LogP contribution >= 0.6 is 0 Å². The van der Waals surface area contributed by atoms with Gasteiger partial charge < -0.3 is 20.1 Å². The fraction of sp³-hybridized carbons (Fsp3) is 0.273. The molecule has 148 valence electrons. The number of nitrogens with one attached hydrogen (secondary N) is 2. The molecule has 28 heavy (non-hydrogen) atoms. The Hall–Kier alpha value is -3.28. The Kier molecular flexibility index (Phi) is 7.63. The van der Waals surface area contributed by atoms with Gasteiger partial charge in [-0.25, -0.2) is 0 Å². The van der Waals surface area contributed by atoms with E-state index in [1.165, 1.54) is 0 Å². The second-order valence-electron chi connectivity index (χ2n) is 6.52. The summed E-state index contributed by atoms with van der Waals surface area (Å²) in [5.74, 6) is 0.596. The van der Waals surface area contributed by atoms with E-state index in [2.05, 4.69) is 17.2 Å². The number of hydrogen-bond acceptors (Lipinski definition) is 4. The van der Waals surface area contributed by atoms with E-state index in [-0.39, 0.29) is 24.5 Å². The van der Waals surface area contributed by atoms with Gasteiger partial charge in [-0.15, -0.1) is 6.58 Å². The number of rotatable bonds is 9. The van der Waals surface area contributed by atoms with Crippen LogP contribution in [-0.4, -0.2) is 31.6 Å². The largest absolute Gasteiger partial charge is 0.493 e. The molecule has 0 saturated heterocycles. The van der Waals surface area contributed by atoms with E-state index in [0.717, 1.165) is 12.0 Å². The van der Waals surface area contributed by atoms with E-state index in [1.54, 1.807) is 43.5 Å². The van der Waals surface area contributed by atoms with Crippen LogP contribution in [0.25, 0.3) is 0 Å². The Labute approximate surface area is 165 Å². The molecule has 0 atom stereocenters. The van der Waals surface area contributed by atoms with Gasteiger partial charge in [0.25, 0.3) is 11.8 Å². The number of benzene rings is 2. The SMILES string of the molecule is C=CCc1ccc(OCC(=O)Nc2ccc(C(=O)NC(C)C)cc2)c(OC)c1. The minimum Gasteiger partial charge on any atom is -0.493 e. The minimum absolute atomic E-state index is 0.0619. The summed E-state index contributed by atoms with van der Waals surface area (Å²) in [5.41, 5.74) is 2.17. The maximum Gasteiger partial charge on any atom is 0.262 e. The van der Waals surface area contributed by atoms with E-state index in [9.17, 15) is 9.59 Å². The zero-order valence-corrected chi connectivity index (χ0v) is 16.5. The molecule has 0 aliphatic rings. The first-order valence-electron chi connectivity index (χ1n) is 9.04. The average molecular weight is 382 g/mol. The number of ether oxygens (including phenoxy) is 2. The van der Waals surface area contributed by atoms with Gasteiger partial charge >= 0.3 is 0 Å². The summed E-state index contributed by atoms with van der Waals surface area (Å²) in [7, 11) is 1.55. The first-order valence-corrected chi connectivity index (χ1v) is 9.04. The first-order chi connectivity index (χ1) is 13.4. The van der Waals surface area contributed by atoms with Gasteiger partial charge in [0.1, 0.15) is 0 Å². The fourth-order valence-electron chi connectivity index (χ4n) is 2.52. The Balaban J connectivity index is 1.92. The number of carbonyl (C=O) groups is 2. The number of hydrogen-bond donors (Lipinski definition) is 2. The number of anilines is 1. The van der Waals surface area contributed by atoms with Crippen molar-refractivity contribution in [2.75, 3.05) is 19.0 Å². The monoisotopic (exact) mass is 382 g/mol. The maximum absolute atomic E-state index is 12.1. The molecule has 0 aliphatic heterocycles. The van der Waals surface area contributed by atoms with Crippen LogP contribution in [0.4, 0.5) is 5.69 Å². The van der Waals surface area contributed by atoms with E-state index in [0.29, 0.717) is 22.7 Å². The van der Waals surface area contributed by atoms with Gasteiger partial charge in [-0.05, 0) is 62.2 Å². The van der Waals surface area contributed by atoms with Crippen molar-refractivity contribution in [1.29, 1.82) is 0 Å². The van der Waals surface area contributed by atoms with E-state index < -0.39 is 0 Å². The van der Waals surface area contributed by atoms with Crippen LogP contribution in [0.1, 0.15) is 29.8 Å². The summed E-state index contributed by atoms with van der Waals surface area (Å²) >= 11 is 0. The Bertz CT molecular complexity index is 829. The standard InChI is InChI=1S/C22H26N2O4/c1-5-6-16-7-12-19(20(13-16)27-4)28-14-21(25)24-18-10-8-17(9-11-18)22(26)23-15(2)3/h5,7-13,15H,1,6,14H2,2-4H3,(H,23,26)(H,24,25). The molecular weight excluding hydrogens is 356 g/mol. The molecule has 0 heterocycles. The summed E-state index contributed by atoms with van der Waals surface area (Å²) in [6.07, 6.45) is 2.53. The number of amides is 2. The number of carbonyl (C=O) groups excluding carboxylic acids is 2. The zero-order chi connectivity index (χ0) is 20.5. The molecule has 0 spiro atoms. The van der Waals surface area contributed by atoms with Gasteiger partial charge in [0.05, 0.1) is 7.11 Å². The molecular formula is C22H26N2O4. The first kappa shape index (κ1) is 21.0. The Morgan fingerprint density at radius 1 is 1.11 bits per heavy atom. The molecule has 2 aromatic rings. The second kappa shape index (κ2) is 10.2. The van der Waals surface area contributed by atoms with Crippen LogP contribution in [0.2, 0.25) is 0 Å². The molecule has 2 rings (SSSR count). The van der Waals surface area contributed by atoms with Crippen molar-refractivity contribution in [1.82, 2.24) is 5.32 Å². The molecule has 2 N–H and O–H groups in total. The number of allylic oxidation sites excluding steroid dienone is 1. The summed E-state index contributed by atoms with van der Waals surface area (Å²) in [6, 6.07) is 12.3. The summed E-state index contributed by atoms with van der Waals surface area (Å²) < 4.78 is 10.9. The van der Waals surface area contributed by atoms with Crippen molar-refractivity contribution < 1.29 is 19.1 Å². The van der Waals surface area contributed by atoms with Gasteiger partial charge in [0.2, 0.25) is 0 Å². The molecule has 0 aromatic heterocycles. The summed E-state index contributed by atoms with van der Waals surface area (Å²) in [5, 5.41) is 5.56. The Morgan fingerprint density at radius 3 is 2.43 bits per heavy atom. The lowest BCUT2D eigenvalue weighted by Crippen LogP contribution is -2.30. The topological polar surface area (TPSA) is 76.7 Å². The van der Waals surface area contributed by atoms with Gasteiger partial charge in [-0.2, -0.15) is 0 Å². The highest BCUT2D eigenvalue weighted by Gasteiger charge is 2.10. The summed E-state index contributed by atoms with van der Waals surface area (Å²) in [6.45, 7) is 7.35. The lowest BCUT2D eigenvalue weighted by Gasteiger charge is -2.12. The third-order valence-electron chi connectivity index (χ3n) is 3.82. The molecule has 2 amide bonds. The van der Waals surface area contributed by atoms with Gasteiger partial charge in [0.15, 0.2) is 18.1 Å². The van der Waals surface area contributed by atoms with Crippen LogP contribution in [-0.2, 0) is 11.2 Å². The van der Waals surface area contributed by atoms with Gasteiger partial charge in [-0.3, -0.25) is 9.59 Å². The van der Waals surface area contributed by atoms with Crippen LogP contribution in [0.3, 0.4) is 0 Å². The highest BCUT2D eigenvalue weighted by molar-refractivity contribution is 5.96. The molecule has 0 saturated carbocycles. The molecule has 0 fully saturated rings. The molecule has 2 aromatic carbocycles. The lowest BCUT2D eigenvalue weighted by molar-refractivity contribution is -0.118. The quantitative estimate of drug-likeness (QED) is 0.650. The summed E-state index contributed by atoms with van der Waals surface area (Å²) in [4.78, 5) is 24.1. The normalized spacial score (nSPS) is 10.3. The maximum atomic E-state index is 12.1. The van der Waals surface area contributed by atoms with Crippen molar-refractivity contribution in [3.8, 4) is 11.5 Å². The van der Waals surface area contributed by atoms with Crippen LogP contribution in [0, 0.1) is 0 Å². The fourth-order valence-corrected chi connectivity index (χ4v) is 2.52. The van der Waals surface area contributed by atoms with Crippen molar-refractivity contribution in [2.24, 2.45) is 0 Å². The predicted octanol–water partition coefficient (Wildman–Crippen LogP) is 3.58. The molecule has 6 nitrogen and oxygen atoms in total.